The molecule has 0 aliphatic carbocycles. The molecule has 4 unspecified atom stereocenters. The van der Waals surface area contributed by atoms with Gasteiger partial charge in [-0.3, -0.25) is 24.0 Å². The lowest BCUT2D eigenvalue weighted by molar-refractivity contribution is -0.142. The Hall–Kier alpha value is -2.87. The Morgan fingerprint density at radius 1 is 0.853 bits per heavy atom. The number of hydrogen-bond acceptors (Lipinski definition) is 8. The van der Waals surface area contributed by atoms with Gasteiger partial charge in [0.1, 0.15) is 18.1 Å². The molecule has 0 radical (unpaired) electrons. The van der Waals surface area contributed by atoms with E-state index in [-0.39, 0.29) is 31.6 Å². The molecule has 0 aliphatic heterocycles. The largest absolute Gasteiger partial charge is 0.481 e. The first kappa shape index (κ1) is 31.1. The Kier molecular flexibility index (Phi) is 14.5. The summed E-state index contributed by atoms with van der Waals surface area (Å²) in [5.74, 6) is -5.34. The number of hydrogen-bond donors (Lipinski definition) is 7. The number of carboxylic acid groups (broad SMARTS) is 2. The molecule has 0 fully saturated rings. The van der Waals surface area contributed by atoms with Gasteiger partial charge in [-0.1, -0.05) is 13.8 Å². The lowest BCUT2D eigenvalue weighted by Gasteiger charge is -2.25. The number of carbonyl (C=O) groups excluding carboxylic acids is 4. The molecule has 0 bridgehead atoms. The Morgan fingerprint density at radius 3 is 1.85 bits per heavy atom. The molecule has 0 heterocycles. The molecule has 0 saturated carbocycles. The van der Waals surface area contributed by atoms with E-state index in [1.165, 1.54) is 11.8 Å². The van der Waals surface area contributed by atoms with Crippen LogP contribution < -0.4 is 27.4 Å². The molecule has 4 atom stereocenters. The zero-order valence-corrected chi connectivity index (χ0v) is 20.4. The fourth-order valence-electron chi connectivity index (χ4n) is 2.84. The van der Waals surface area contributed by atoms with Crippen molar-refractivity contribution in [3.05, 3.63) is 0 Å². The smallest absolute Gasteiger partial charge is 0.326 e. The topological polar surface area (TPSA) is 231 Å². The minimum absolute atomic E-state index is 0.0702. The molecule has 0 aromatic rings. The molecule has 0 spiro atoms. The highest BCUT2D eigenvalue weighted by Gasteiger charge is 2.31. The van der Waals surface area contributed by atoms with Crippen molar-refractivity contribution >= 4 is 47.3 Å². The van der Waals surface area contributed by atoms with Crippen LogP contribution in [0, 0.1) is 5.92 Å². The van der Waals surface area contributed by atoms with Crippen LogP contribution in [0.5, 0.6) is 0 Å². The fourth-order valence-corrected chi connectivity index (χ4v) is 3.31. The van der Waals surface area contributed by atoms with Gasteiger partial charge in [0.05, 0.1) is 12.5 Å². The Labute approximate surface area is 202 Å². The van der Waals surface area contributed by atoms with E-state index >= 15 is 0 Å². The molecule has 0 saturated heterocycles. The predicted molar refractivity (Wildman–Crippen MR) is 125 cm³/mol. The number of carboxylic acids is 2. The summed E-state index contributed by atoms with van der Waals surface area (Å²) in [4.78, 5) is 71.4. The number of nitrogens with two attached hydrogens (primary N) is 2. The van der Waals surface area contributed by atoms with Crippen LogP contribution in [0.15, 0.2) is 0 Å². The minimum Gasteiger partial charge on any atom is -0.481 e. The van der Waals surface area contributed by atoms with Gasteiger partial charge in [-0.25, -0.2) is 4.79 Å². The maximum Gasteiger partial charge on any atom is 0.326 e. The van der Waals surface area contributed by atoms with Crippen molar-refractivity contribution in [1.29, 1.82) is 0 Å². The Bertz CT molecular complexity index is 748. The van der Waals surface area contributed by atoms with Gasteiger partial charge in [0, 0.05) is 6.42 Å². The maximum absolute atomic E-state index is 12.8. The van der Waals surface area contributed by atoms with Gasteiger partial charge in [-0.15, -0.1) is 0 Å². The number of thioether (sulfide) groups is 1. The molecule has 0 aromatic carbocycles. The molecule has 0 rings (SSSR count). The molecule has 0 aliphatic rings. The summed E-state index contributed by atoms with van der Waals surface area (Å²) in [5, 5.41) is 25.2. The van der Waals surface area contributed by atoms with Crippen LogP contribution in [0.3, 0.4) is 0 Å². The van der Waals surface area contributed by atoms with Crippen LogP contribution in [-0.4, -0.2) is 82.0 Å². The van der Waals surface area contributed by atoms with E-state index in [1.807, 2.05) is 0 Å². The Morgan fingerprint density at radius 2 is 1.38 bits per heavy atom. The summed E-state index contributed by atoms with van der Waals surface area (Å²) in [6.45, 7) is 3.58. The third-order valence-electron chi connectivity index (χ3n) is 4.61. The van der Waals surface area contributed by atoms with Crippen molar-refractivity contribution in [2.24, 2.45) is 17.4 Å². The van der Waals surface area contributed by atoms with Crippen LogP contribution in [0.1, 0.15) is 46.0 Å². The SMILES string of the molecule is CSCCC(NC(=O)C(CC(C)C)NC(=O)C(CC(N)=O)NC(=O)C(N)CCC(=O)O)C(=O)O. The van der Waals surface area contributed by atoms with Crippen molar-refractivity contribution < 1.29 is 39.0 Å². The number of nitrogens with one attached hydrogen (secondary N) is 3. The van der Waals surface area contributed by atoms with Crippen molar-refractivity contribution in [2.75, 3.05) is 12.0 Å². The molecule has 14 heteroatoms. The van der Waals surface area contributed by atoms with Gasteiger partial charge >= 0.3 is 11.9 Å². The Balaban J connectivity index is 5.46. The van der Waals surface area contributed by atoms with Gasteiger partial charge < -0.3 is 37.6 Å². The van der Waals surface area contributed by atoms with E-state index in [0.717, 1.165) is 0 Å². The van der Waals surface area contributed by atoms with Crippen LogP contribution in [0.25, 0.3) is 0 Å². The normalized spacial score (nSPS) is 14.4. The van der Waals surface area contributed by atoms with Crippen LogP contribution in [-0.2, 0) is 28.8 Å². The predicted octanol–water partition coefficient (Wildman–Crippen LogP) is -1.61. The summed E-state index contributed by atoms with van der Waals surface area (Å²) in [7, 11) is 0. The number of primary amides is 1. The lowest BCUT2D eigenvalue weighted by Crippen LogP contribution is -2.58. The summed E-state index contributed by atoms with van der Waals surface area (Å²) in [5.41, 5.74) is 10.8. The monoisotopic (exact) mass is 505 g/mol. The highest BCUT2D eigenvalue weighted by molar-refractivity contribution is 7.98. The number of carbonyl (C=O) groups is 6. The van der Waals surface area contributed by atoms with Crippen molar-refractivity contribution in [2.45, 2.75) is 70.1 Å². The summed E-state index contributed by atoms with van der Waals surface area (Å²) >= 11 is 1.42. The molecular weight excluding hydrogens is 470 g/mol. The van der Waals surface area contributed by atoms with Crippen molar-refractivity contribution in [3.8, 4) is 0 Å². The summed E-state index contributed by atoms with van der Waals surface area (Å²) < 4.78 is 0. The third kappa shape index (κ3) is 13.0. The highest BCUT2D eigenvalue weighted by atomic mass is 32.2. The van der Waals surface area contributed by atoms with Crippen LogP contribution >= 0.6 is 11.8 Å². The second-order valence-electron chi connectivity index (χ2n) is 8.14. The number of rotatable bonds is 17. The van der Waals surface area contributed by atoms with E-state index in [2.05, 4.69) is 16.0 Å². The first-order valence-electron chi connectivity index (χ1n) is 10.7. The molecular formula is C20H35N5O8S. The zero-order valence-electron chi connectivity index (χ0n) is 19.5. The molecule has 0 aromatic heterocycles. The average molecular weight is 506 g/mol. The summed E-state index contributed by atoms with van der Waals surface area (Å²) in [6.07, 6.45) is 0.964. The molecule has 4 amide bonds. The highest BCUT2D eigenvalue weighted by Crippen LogP contribution is 2.08. The maximum atomic E-state index is 12.8. The van der Waals surface area contributed by atoms with E-state index in [1.54, 1.807) is 20.1 Å². The van der Waals surface area contributed by atoms with Gasteiger partial charge in [0.2, 0.25) is 23.6 Å². The fraction of sp³-hybridized carbons (Fsp3) is 0.700. The number of amides is 4. The van der Waals surface area contributed by atoms with Gasteiger partial charge in [-0.2, -0.15) is 11.8 Å². The van der Waals surface area contributed by atoms with Crippen molar-refractivity contribution in [1.82, 2.24) is 16.0 Å². The average Bonchev–Trinajstić information content (AvgIpc) is 2.72. The van der Waals surface area contributed by atoms with Crippen LogP contribution in [0.2, 0.25) is 0 Å². The van der Waals surface area contributed by atoms with Crippen LogP contribution in [0.4, 0.5) is 0 Å². The first-order chi connectivity index (χ1) is 15.8. The molecule has 13 nitrogen and oxygen atoms in total. The minimum atomic E-state index is -1.46. The van der Waals surface area contributed by atoms with E-state index in [9.17, 15) is 33.9 Å². The molecule has 9 N–H and O–H groups in total. The zero-order chi connectivity index (χ0) is 26.4. The van der Waals surface area contributed by atoms with Gasteiger partial charge in [-0.05, 0) is 37.2 Å². The van der Waals surface area contributed by atoms with Gasteiger partial charge in [0.25, 0.3) is 0 Å². The standard InChI is InChI=1S/C20H35N5O8S/c1-10(2)8-13(18(30)23-12(20(32)33)6-7-34-3)25-19(31)14(9-15(22)26)24-17(29)11(21)4-5-16(27)28/h10-14H,4-9,21H2,1-3H3,(H2,22,26)(H,23,30)(H,24,29)(H,25,31)(H,27,28)(H,32,33). The quantitative estimate of drug-likeness (QED) is 0.119. The second kappa shape index (κ2) is 15.9. The summed E-state index contributed by atoms with van der Waals surface area (Å²) in [6, 6.07) is -5.01. The lowest BCUT2D eigenvalue weighted by atomic mass is 10.0. The second-order valence-corrected chi connectivity index (χ2v) is 9.13. The van der Waals surface area contributed by atoms with E-state index in [0.29, 0.717) is 5.75 Å². The third-order valence-corrected chi connectivity index (χ3v) is 5.25. The van der Waals surface area contributed by atoms with Crippen molar-refractivity contribution in [3.63, 3.8) is 0 Å². The first-order valence-corrected chi connectivity index (χ1v) is 12.1. The number of aliphatic carboxylic acids is 2. The van der Waals surface area contributed by atoms with E-state index < -0.39 is 66.2 Å². The molecule has 194 valence electrons. The van der Waals surface area contributed by atoms with E-state index in [4.69, 9.17) is 16.6 Å². The van der Waals surface area contributed by atoms with Gasteiger partial charge in [0.15, 0.2) is 0 Å². The molecule has 34 heavy (non-hydrogen) atoms.